The molecular weight excluding hydrogens is 126 g/mol. The molecule has 0 aromatic carbocycles. The smallest absolute Gasteiger partial charge is 0.225 e. The van der Waals surface area contributed by atoms with Gasteiger partial charge in [-0.25, -0.2) is 0 Å². The fourth-order valence-electron chi connectivity index (χ4n) is 1.39. The standard InChI is InChI=1S/C8H15NO/c1-4-6-5-8(2,3)7(10)9-6/h6H,4-5H2,1-3H3,(H,9,10)/t6-/m0/s1. The predicted octanol–water partition coefficient (Wildman–Crippen LogP) is 1.31. The van der Waals surface area contributed by atoms with Crippen molar-refractivity contribution in [2.75, 3.05) is 0 Å². The summed E-state index contributed by atoms with van der Waals surface area (Å²) < 4.78 is 0. The molecule has 0 spiro atoms. The van der Waals surface area contributed by atoms with Crippen LogP contribution in [0.5, 0.6) is 0 Å². The molecule has 1 amide bonds. The Morgan fingerprint density at radius 3 is 2.50 bits per heavy atom. The molecule has 1 saturated heterocycles. The van der Waals surface area contributed by atoms with Crippen molar-refractivity contribution < 1.29 is 4.79 Å². The van der Waals surface area contributed by atoms with E-state index in [2.05, 4.69) is 12.2 Å². The molecule has 1 atom stereocenters. The van der Waals surface area contributed by atoms with Crippen molar-refractivity contribution in [2.24, 2.45) is 5.41 Å². The second-order valence-electron chi connectivity index (χ2n) is 3.67. The van der Waals surface area contributed by atoms with Gasteiger partial charge in [-0.05, 0) is 12.8 Å². The highest BCUT2D eigenvalue weighted by Gasteiger charge is 2.37. The molecule has 1 aliphatic rings. The van der Waals surface area contributed by atoms with E-state index in [1.54, 1.807) is 0 Å². The molecule has 1 N–H and O–H groups in total. The van der Waals surface area contributed by atoms with Gasteiger partial charge in [0.05, 0.1) is 0 Å². The average molecular weight is 141 g/mol. The van der Waals surface area contributed by atoms with E-state index in [0.717, 1.165) is 12.8 Å². The van der Waals surface area contributed by atoms with Crippen molar-refractivity contribution in [2.45, 2.75) is 39.7 Å². The molecule has 0 unspecified atom stereocenters. The second kappa shape index (κ2) is 2.26. The lowest BCUT2D eigenvalue weighted by atomic mass is 9.89. The van der Waals surface area contributed by atoms with E-state index in [9.17, 15) is 4.79 Å². The van der Waals surface area contributed by atoms with Crippen molar-refractivity contribution >= 4 is 5.91 Å². The Bertz CT molecular complexity index is 151. The summed E-state index contributed by atoms with van der Waals surface area (Å²) in [5, 5.41) is 2.95. The van der Waals surface area contributed by atoms with Gasteiger partial charge in [0.2, 0.25) is 5.91 Å². The summed E-state index contributed by atoms with van der Waals surface area (Å²) in [4.78, 5) is 11.2. The molecule has 0 radical (unpaired) electrons. The summed E-state index contributed by atoms with van der Waals surface area (Å²) in [6, 6.07) is 0.419. The normalized spacial score (nSPS) is 30.3. The van der Waals surface area contributed by atoms with Crippen LogP contribution in [0.1, 0.15) is 33.6 Å². The van der Waals surface area contributed by atoms with Crippen LogP contribution in [0, 0.1) is 5.41 Å². The third kappa shape index (κ3) is 1.15. The minimum atomic E-state index is -0.124. The lowest BCUT2D eigenvalue weighted by Gasteiger charge is -2.11. The summed E-state index contributed by atoms with van der Waals surface area (Å²) in [5.41, 5.74) is -0.124. The molecule has 10 heavy (non-hydrogen) atoms. The molecule has 1 aliphatic heterocycles. The Morgan fingerprint density at radius 2 is 2.30 bits per heavy atom. The van der Waals surface area contributed by atoms with Crippen LogP contribution in [0.15, 0.2) is 0 Å². The molecule has 2 heteroatoms. The van der Waals surface area contributed by atoms with Crippen molar-refractivity contribution in [1.82, 2.24) is 5.32 Å². The Morgan fingerprint density at radius 1 is 1.70 bits per heavy atom. The summed E-state index contributed by atoms with van der Waals surface area (Å²) in [5.74, 6) is 0.208. The van der Waals surface area contributed by atoms with Crippen LogP contribution in [0.4, 0.5) is 0 Å². The number of hydrogen-bond donors (Lipinski definition) is 1. The van der Waals surface area contributed by atoms with Crippen LogP contribution in [-0.2, 0) is 4.79 Å². The molecule has 0 aromatic rings. The number of nitrogens with one attached hydrogen (secondary N) is 1. The van der Waals surface area contributed by atoms with Crippen molar-refractivity contribution in [1.29, 1.82) is 0 Å². The lowest BCUT2D eigenvalue weighted by Crippen LogP contribution is -2.28. The monoisotopic (exact) mass is 141 g/mol. The van der Waals surface area contributed by atoms with Crippen LogP contribution in [0.2, 0.25) is 0 Å². The van der Waals surface area contributed by atoms with Crippen LogP contribution in [-0.4, -0.2) is 11.9 Å². The Labute approximate surface area is 62.0 Å². The third-order valence-electron chi connectivity index (χ3n) is 2.20. The molecule has 58 valence electrons. The highest BCUT2D eigenvalue weighted by atomic mass is 16.2. The first-order valence-electron chi connectivity index (χ1n) is 3.87. The maximum Gasteiger partial charge on any atom is 0.225 e. The first-order chi connectivity index (χ1) is 4.56. The Hall–Kier alpha value is -0.530. The molecule has 2 nitrogen and oxygen atoms in total. The zero-order valence-corrected chi connectivity index (χ0v) is 6.90. The van der Waals surface area contributed by atoms with Gasteiger partial charge >= 0.3 is 0 Å². The van der Waals surface area contributed by atoms with Crippen molar-refractivity contribution in [3.05, 3.63) is 0 Å². The summed E-state index contributed by atoms with van der Waals surface area (Å²) in [6.45, 7) is 6.10. The van der Waals surface area contributed by atoms with Crippen LogP contribution < -0.4 is 5.32 Å². The molecule has 0 saturated carbocycles. The van der Waals surface area contributed by atoms with Crippen molar-refractivity contribution in [3.63, 3.8) is 0 Å². The molecular formula is C8H15NO. The maximum atomic E-state index is 11.2. The minimum Gasteiger partial charge on any atom is -0.353 e. The van der Waals surface area contributed by atoms with E-state index in [1.807, 2.05) is 13.8 Å². The van der Waals surface area contributed by atoms with Crippen LogP contribution >= 0.6 is 0 Å². The first-order valence-corrected chi connectivity index (χ1v) is 3.87. The van der Waals surface area contributed by atoms with Gasteiger partial charge in [0.15, 0.2) is 0 Å². The molecule has 1 rings (SSSR count). The van der Waals surface area contributed by atoms with Crippen molar-refractivity contribution in [3.8, 4) is 0 Å². The lowest BCUT2D eigenvalue weighted by molar-refractivity contribution is -0.126. The van der Waals surface area contributed by atoms with Crippen LogP contribution in [0.25, 0.3) is 0 Å². The molecule has 0 bridgehead atoms. The van der Waals surface area contributed by atoms with Gasteiger partial charge in [0.25, 0.3) is 0 Å². The Kier molecular flexibility index (Phi) is 1.71. The molecule has 1 fully saturated rings. The van der Waals surface area contributed by atoms with Gasteiger partial charge < -0.3 is 5.32 Å². The number of carbonyl (C=O) groups excluding carboxylic acids is 1. The fraction of sp³-hybridized carbons (Fsp3) is 0.875. The van der Waals surface area contributed by atoms with Gasteiger partial charge in [-0.2, -0.15) is 0 Å². The van der Waals surface area contributed by atoms with E-state index in [-0.39, 0.29) is 11.3 Å². The predicted molar refractivity (Wildman–Crippen MR) is 40.6 cm³/mol. The summed E-state index contributed by atoms with van der Waals surface area (Å²) in [7, 11) is 0. The zero-order valence-electron chi connectivity index (χ0n) is 6.90. The van der Waals surface area contributed by atoms with Gasteiger partial charge in [0.1, 0.15) is 0 Å². The highest BCUT2D eigenvalue weighted by Crippen LogP contribution is 2.29. The summed E-state index contributed by atoms with van der Waals surface area (Å²) in [6.07, 6.45) is 2.04. The average Bonchev–Trinajstić information content (AvgIpc) is 2.08. The number of hydrogen-bond acceptors (Lipinski definition) is 1. The number of rotatable bonds is 1. The van der Waals surface area contributed by atoms with Crippen LogP contribution in [0.3, 0.4) is 0 Å². The zero-order chi connectivity index (χ0) is 7.78. The highest BCUT2D eigenvalue weighted by molar-refractivity contribution is 5.84. The SMILES string of the molecule is CC[C@H]1CC(C)(C)C(=O)N1. The quantitative estimate of drug-likeness (QED) is 0.586. The minimum absolute atomic E-state index is 0.124. The van der Waals surface area contributed by atoms with Gasteiger partial charge in [-0.1, -0.05) is 20.8 Å². The number of amides is 1. The second-order valence-corrected chi connectivity index (χ2v) is 3.67. The maximum absolute atomic E-state index is 11.2. The first kappa shape index (κ1) is 7.58. The Balaban J connectivity index is 2.62. The van der Waals surface area contributed by atoms with Gasteiger partial charge in [0, 0.05) is 11.5 Å². The molecule has 0 aromatic heterocycles. The van der Waals surface area contributed by atoms with Gasteiger partial charge in [-0.3, -0.25) is 4.79 Å². The number of carbonyl (C=O) groups is 1. The molecule has 0 aliphatic carbocycles. The third-order valence-corrected chi connectivity index (χ3v) is 2.20. The fourth-order valence-corrected chi connectivity index (χ4v) is 1.39. The molecule has 1 heterocycles. The summed E-state index contributed by atoms with van der Waals surface area (Å²) >= 11 is 0. The van der Waals surface area contributed by atoms with E-state index in [1.165, 1.54) is 0 Å². The largest absolute Gasteiger partial charge is 0.353 e. The topological polar surface area (TPSA) is 29.1 Å². The van der Waals surface area contributed by atoms with E-state index in [0.29, 0.717) is 6.04 Å². The van der Waals surface area contributed by atoms with E-state index < -0.39 is 0 Å². The van der Waals surface area contributed by atoms with Gasteiger partial charge in [-0.15, -0.1) is 0 Å². The van der Waals surface area contributed by atoms with E-state index in [4.69, 9.17) is 0 Å². The van der Waals surface area contributed by atoms with E-state index >= 15 is 0 Å².